The molecule has 5 heteroatoms. The van der Waals surface area contributed by atoms with Gasteiger partial charge in [-0.25, -0.2) is 0 Å². The number of hydrogen-bond acceptors (Lipinski definition) is 4. The zero-order valence-electron chi connectivity index (χ0n) is 12.9. The lowest BCUT2D eigenvalue weighted by atomic mass is 9.97. The van der Waals surface area contributed by atoms with E-state index in [4.69, 9.17) is 0 Å². The molecule has 0 radical (unpaired) electrons. The molecule has 2 aliphatic rings. The monoisotopic (exact) mass is 328 g/mol. The quantitative estimate of drug-likeness (QED) is 0.911. The average Bonchev–Trinajstić information content (AvgIpc) is 3.14. The van der Waals surface area contributed by atoms with Gasteiger partial charge in [-0.1, -0.05) is 12.1 Å². The van der Waals surface area contributed by atoms with E-state index in [0.29, 0.717) is 0 Å². The highest BCUT2D eigenvalue weighted by Crippen LogP contribution is 2.31. The van der Waals surface area contributed by atoms with Crippen LogP contribution in [0.25, 0.3) is 10.4 Å². The van der Waals surface area contributed by atoms with E-state index >= 15 is 0 Å². The van der Waals surface area contributed by atoms with Gasteiger partial charge in [0.2, 0.25) is 0 Å². The summed E-state index contributed by atoms with van der Waals surface area (Å²) in [6.07, 6.45) is 2.38. The number of rotatable bonds is 3. The molecule has 0 saturated carbocycles. The van der Waals surface area contributed by atoms with E-state index in [1.807, 2.05) is 24.3 Å². The van der Waals surface area contributed by atoms with Crippen LogP contribution in [0.1, 0.15) is 22.5 Å². The molecule has 2 aromatic rings. The average molecular weight is 328 g/mol. The number of nitrogens with zero attached hydrogens (tertiary/aromatic N) is 1. The van der Waals surface area contributed by atoms with Crippen LogP contribution in [0.2, 0.25) is 0 Å². The molecular formula is C18H20N2O2S. The second-order valence-electron chi connectivity index (χ2n) is 6.53. The lowest BCUT2D eigenvalue weighted by Gasteiger charge is -2.30. The Kier molecular flexibility index (Phi) is 3.83. The molecule has 2 bridgehead atoms. The van der Waals surface area contributed by atoms with Crippen LogP contribution in [-0.4, -0.2) is 41.6 Å². The first kappa shape index (κ1) is 14.7. The molecule has 120 valence electrons. The van der Waals surface area contributed by atoms with Crippen LogP contribution in [0.15, 0.2) is 36.4 Å². The van der Waals surface area contributed by atoms with E-state index < -0.39 is 0 Å². The van der Waals surface area contributed by atoms with E-state index in [1.54, 1.807) is 12.1 Å². The molecule has 0 spiro atoms. The van der Waals surface area contributed by atoms with Crippen LogP contribution >= 0.6 is 11.3 Å². The fraction of sp³-hybridized carbons (Fsp3) is 0.389. The van der Waals surface area contributed by atoms with Crippen LogP contribution in [0.5, 0.6) is 5.75 Å². The van der Waals surface area contributed by atoms with Crippen LogP contribution in [0.4, 0.5) is 0 Å². The molecule has 1 aromatic heterocycles. The molecule has 0 aliphatic carbocycles. The van der Waals surface area contributed by atoms with Crippen molar-refractivity contribution in [2.75, 3.05) is 19.6 Å². The van der Waals surface area contributed by atoms with Crippen molar-refractivity contribution in [3.05, 3.63) is 41.3 Å². The van der Waals surface area contributed by atoms with Gasteiger partial charge in [-0.05, 0) is 55.1 Å². The lowest BCUT2D eigenvalue weighted by Crippen LogP contribution is -2.46. The summed E-state index contributed by atoms with van der Waals surface area (Å²) >= 11 is 1.47. The number of benzene rings is 1. The third-order valence-electron chi connectivity index (χ3n) is 4.76. The van der Waals surface area contributed by atoms with Crippen LogP contribution < -0.4 is 5.32 Å². The number of aromatic hydroxyl groups is 1. The summed E-state index contributed by atoms with van der Waals surface area (Å²) in [5.74, 6) is 1.02. The van der Waals surface area contributed by atoms with Gasteiger partial charge >= 0.3 is 0 Å². The zero-order chi connectivity index (χ0) is 15.8. The third-order valence-corrected chi connectivity index (χ3v) is 5.90. The van der Waals surface area contributed by atoms with Gasteiger partial charge in [0.05, 0.1) is 4.88 Å². The first-order valence-electron chi connectivity index (χ1n) is 8.10. The van der Waals surface area contributed by atoms with Crippen molar-refractivity contribution < 1.29 is 9.90 Å². The van der Waals surface area contributed by atoms with Crippen molar-refractivity contribution >= 4 is 17.2 Å². The van der Waals surface area contributed by atoms with E-state index in [-0.39, 0.29) is 17.7 Å². The minimum absolute atomic E-state index is 0.0221. The van der Waals surface area contributed by atoms with Gasteiger partial charge in [0.1, 0.15) is 5.75 Å². The highest BCUT2D eigenvalue weighted by atomic mass is 32.1. The summed E-state index contributed by atoms with van der Waals surface area (Å²) in [6.45, 7) is 3.36. The SMILES string of the molecule is O=C(N[C@H]1C[C@H]2CCN(C2)C1)c1ccc(-c2cccc(O)c2)s1. The Labute approximate surface area is 139 Å². The minimum atomic E-state index is 0.0221. The molecular weight excluding hydrogens is 308 g/mol. The number of carbonyl (C=O) groups is 1. The Hall–Kier alpha value is -1.85. The van der Waals surface area contributed by atoms with Crippen molar-refractivity contribution in [1.82, 2.24) is 10.2 Å². The number of hydrogen-bond donors (Lipinski definition) is 2. The number of fused-ring (bicyclic) bond motifs is 2. The molecule has 2 saturated heterocycles. The molecule has 2 N–H and O–H groups in total. The van der Waals surface area contributed by atoms with Crippen molar-refractivity contribution in [3.63, 3.8) is 0 Å². The molecule has 2 fully saturated rings. The second kappa shape index (κ2) is 5.98. The smallest absolute Gasteiger partial charge is 0.261 e. The maximum Gasteiger partial charge on any atom is 0.261 e. The van der Waals surface area contributed by atoms with Gasteiger partial charge in [0, 0.05) is 24.0 Å². The molecule has 2 aliphatic heterocycles. The molecule has 1 aromatic carbocycles. The third kappa shape index (κ3) is 3.12. The standard InChI is InChI=1S/C18H20N2O2S/c21-15-3-1-2-13(9-15)16-4-5-17(23-16)18(22)19-14-8-12-6-7-20(10-12)11-14/h1-5,9,12,14,21H,6-8,10-11H2,(H,19,22)/t12-,14+/m1/s1. The number of thiophene rings is 1. The number of phenols is 1. The van der Waals surface area contributed by atoms with Gasteiger partial charge in [-0.3, -0.25) is 4.79 Å². The first-order chi connectivity index (χ1) is 11.2. The van der Waals surface area contributed by atoms with Gasteiger partial charge in [-0.2, -0.15) is 0 Å². The molecule has 23 heavy (non-hydrogen) atoms. The normalized spacial score (nSPS) is 26.2. The molecule has 4 nitrogen and oxygen atoms in total. The van der Waals surface area contributed by atoms with Crippen molar-refractivity contribution in [2.45, 2.75) is 18.9 Å². The maximum absolute atomic E-state index is 12.5. The van der Waals surface area contributed by atoms with Crippen LogP contribution in [0, 0.1) is 5.92 Å². The maximum atomic E-state index is 12.5. The van der Waals surface area contributed by atoms with E-state index in [0.717, 1.165) is 34.2 Å². The molecule has 3 atom stereocenters. The zero-order valence-corrected chi connectivity index (χ0v) is 13.7. The van der Waals surface area contributed by atoms with E-state index in [2.05, 4.69) is 10.2 Å². The number of carbonyl (C=O) groups excluding carboxylic acids is 1. The predicted molar refractivity (Wildman–Crippen MR) is 91.8 cm³/mol. The summed E-state index contributed by atoms with van der Waals surface area (Å²) in [5.41, 5.74) is 0.941. The Morgan fingerprint density at radius 3 is 3.00 bits per heavy atom. The molecule has 1 amide bonds. The van der Waals surface area contributed by atoms with Crippen molar-refractivity contribution in [2.24, 2.45) is 5.92 Å². The topological polar surface area (TPSA) is 52.6 Å². The Balaban J connectivity index is 1.45. The molecule has 1 unspecified atom stereocenters. The highest BCUT2D eigenvalue weighted by Gasteiger charge is 2.33. The summed E-state index contributed by atoms with van der Waals surface area (Å²) < 4.78 is 0. The van der Waals surface area contributed by atoms with Crippen LogP contribution in [0.3, 0.4) is 0 Å². The molecule has 3 heterocycles. The molecule has 4 rings (SSSR count). The van der Waals surface area contributed by atoms with Crippen LogP contribution in [-0.2, 0) is 0 Å². The number of piperidine rings is 1. The van der Waals surface area contributed by atoms with Crippen molar-refractivity contribution in [3.8, 4) is 16.2 Å². The lowest BCUT2D eigenvalue weighted by molar-refractivity contribution is 0.0913. The second-order valence-corrected chi connectivity index (χ2v) is 7.62. The minimum Gasteiger partial charge on any atom is -0.508 e. The number of phenolic OH excluding ortho intramolecular Hbond substituents is 1. The van der Waals surface area contributed by atoms with Gasteiger partial charge < -0.3 is 15.3 Å². The Morgan fingerprint density at radius 2 is 2.17 bits per heavy atom. The summed E-state index contributed by atoms with van der Waals surface area (Å²) in [7, 11) is 0. The van der Waals surface area contributed by atoms with Gasteiger partial charge in [0.25, 0.3) is 5.91 Å². The largest absolute Gasteiger partial charge is 0.508 e. The van der Waals surface area contributed by atoms with Gasteiger partial charge in [0.15, 0.2) is 0 Å². The Bertz CT molecular complexity index is 715. The fourth-order valence-electron chi connectivity index (χ4n) is 3.69. The fourth-order valence-corrected chi connectivity index (χ4v) is 4.60. The predicted octanol–water partition coefficient (Wildman–Crippen LogP) is 2.94. The summed E-state index contributed by atoms with van der Waals surface area (Å²) in [5, 5.41) is 12.8. The van der Waals surface area contributed by atoms with E-state index in [9.17, 15) is 9.90 Å². The number of amides is 1. The summed E-state index contributed by atoms with van der Waals surface area (Å²) in [4.78, 5) is 16.7. The number of nitrogens with one attached hydrogen (secondary N) is 1. The summed E-state index contributed by atoms with van der Waals surface area (Å²) in [6, 6.07) is 11.2. The van der Waals surface area contributed by atoms with Gasteiger partial charge in [-0.15, -0.1) is 11.3 Å². The highest BCUT2D eigenvalue weighted by molar-refractivity contribution is 7.17. The van der Waals surface area contributed by atoms with E-state index in [1.165, 1.54) is 30.8 Å². The Morgan fingerprint density at radius 1 is 1.26 bits per heavy atom. The van der Waals surface area contributed by atoms with Crippen molar-refractivity contribution in [1.29, 1.82) is 0 Å². The first-order valence-corrected chi connectivity index (χ1v) is 8.91.